The maximum atomic E-state index is 12.4. The number of ether oxygens (including phenoxy) is 1. The molecule has 2 N–H and O–H groups in total. The van der Waals surface area contributed by atoms with Crippen molar-refractivity contribution >= 4 is 71.5 Å². The van der Waals surface area contributed by atoms with Gasteiger partial charge in [0.15, 0.2) is 5.13 Å². The maximum absolute atomic E-state index is 12.4. The number of aromatic nitrogens is 3. The summed E-state index contributed by atoms with van der Waals surface area (Å²) in [5.41, 5.74) is 2.80. The van der Waals surface area contributed by atoms with Crippen LogP contribution in [0.2, 0.25) is 0 Å². The summed E-state index contributed by atoms with van der Waals surface area (Å²) >= 11 is 6.76. The minimum atomic E-state index is -0.297. The first-order chi connectivity index (χ1) is 17.5. The van der Waals surface area contributed by atoms with Gasteiger partial charge in [-0.25, -0.2) is 19.7 Å². The largest absolute Gasteiger partial charge is 0.381 e. The number of hydrogen-bond acceptors (Lipinski definition) is 8. The number of carbonyl (C=O) groups excluding carboxylic acids is 1. The number of rotatable bonds is 8. The summed E-state index contributed by atoms with van der Waals surface area (Å²) in [5, 5.41) is 6.29. The van der Waals surface area contributed by atoms with Crippen LogP contribution in [0.5, 0.6) is 0 Å². The number of thiazole rings is 1. The zero-order valence-electron chi connectivity index (χ0n) is 19.9. The standard InChI is InChI=1S/C25H27BrN6O2S2/c1-16-3-2-4-18(11-16)30-24(33)31-25-27-13-19(35-25)5-8-32(14-17-6-9-34-10-7-17)23-22-20(28-15-29-23)12-21(26)36-22/h2-4,11-13,15,17H,5-10,14H2,1H3,(H2,27,30,31,33). The molecule has 4 aromatic rings. The average Bonchev–Trinajstić information content (AvgIpc) is 3.47. The number of aryl methyl sites for hydroxylation is 1. The fourth-order valence-electron chi connectivity index (χ4n) is 4.27. The third-order valence-corrected chi connectivity index (χ3v) is 8.66. The molecule has 0 spiro atoms. The van der Waals surface area contributed by atoms with E-state index in [0.717, 1.165) is 81.5 Å². The molecule has 3 aromatic heterocycles. The molecule has 0 saturated carbocycles. The van der Waals surface area contributed by atoms with Gasteiger partial charge in [-0.1, -0.05) is 12.1 Å². The van der Waals surface area contributed by atoms with Crippen LogP contribution >= 0.6 is 38.6 Å². The molecule has 1 aliphatic rings. The highest BCUT2D eigenvalue weighted by Crippen LogP contribution is 2.35. The molecule has 1 fully saturated rings. The predicted octanol–water partition coefficient (Wildman–Crippen LogP) is 6.34. The van der Waals surface area contributed by atoms with Crippen LogP contribution in [0.1, 0.15) is 23.3 Å². The predicted molar refractivity (Wildman–Crippen MR) is 151 cm³/mol. The molecule has 1 aromatic carbocycles. The van der Waals surface area contributed by atoms with Gasteiger partial charge < -0.3 is 15.0 Å². The molecule has 8 nitrogen and oxygen atoms in total. The average molecular weight is 588 g/mol. The van der Waals surface area contributed by atoms with E-state index in [1.54, 1.807) is 17.7 Å². The highest BCUT2D eigenvalue weighted by atomic mass is 79.9. The summed E-state index contributed by atoms with van der Waals surface area (Å²) in [5.74, 6) is 1.54. The van der Waals surface area contributed by atoms with Crippen LogP contribution in [0.25, 0.3) is 10.2 Å². The lowest BCUT2D eigenvalue weighted by atomic mass is 9.99. The van der Waals surface area contributed by atoms with E-state index < -0.39 is 0 Å². The number of anilines is 3. The number of halogens is 1. The summed E-state index contributed by atoms with van der Waals surface area (Å²) in [6.45, 7) is 5.35. The third kappa shape index (κ3) is 6.39. The monoisotopic (exact) mass is 586 g/mol. The highest BCUT2D eigenvalue weighted by molar-refractivity contribution is 9.11. The number of nitrogens with one attached hydrogen (secondary N) is 2. The Hall–Kier alpha value is -2.60. The van der Waals surface area contributed by atoms with Gasteiger partial charge in [0.2, 0.25) is 0 Å². The first-order valence-corrected chi connectivity index (χ1v) is 14.3. The van der Waals surface area contributed by atoms with Gasteiger partial charge in [0.25, 0.3) is 0 Å². The van der Waals surface area contributed by atoms with Crippen molar-refractivity contribution in [2.24, 2.45) is 5.92 Å². The molecule has 11 heteroatoms. The van der Waals surface area contributed by atoms with Crippen molar-refractivity contribution in [2.45, 2.75) is 26.2 Å². The van der Waals surface area contributed by atoms with Crippen LogP contribution in [0, 0.1) is 12.8 Å². The highest BCUT2D eigenvalue weighted by Gasteiger charge is 2.22. The molecule has 0 atom stereocenters. The van der Waals surface area contributed by atoms with Crippen molar-refractivity contribution in [2.75, 3.05) is 41.8 Å². The smallest absolute Gasteiger partial charge is 0.325 e. The zero-order valence-corrected chi connectivity index (χ0v) is 23.1. The fourth-order valence-corrected chi connectivity index (χ4v) is 6.62. The molecular weight excluding hydrogens is 560 g/mol. The van der Waals surface area contributed by atoms with Crippen molar-refractivity contribution in [3.8, 4) is 0 Å². The summed E-state index contributed by atoms with van der Waals surface area (Å²) in [6, 6.07) is 9.44. The van der Waals surface area contributed by atoms with Crippen molar-refractivity contribution in [3.63, 3.8) is 0 Å². The van der Waals surface area contributed by atoms with E-state index in [9.17, 15) is 4.79 Å². The molecule has 188 valence electrons. The van der Waals surface area contributed by atoms with Crippen molar-refractivity contribution in [1.82, 2.24) is 15.0 Å². The van der Waals surface area contributed by atoms with Crippen LogP contribution in [0.4, 0.5) is 21.4 Å². The van der Waals surface area contributed by atoms with Crippen LogP contribution in [-0.4, -0.2) is 47.3 Å². The normalized spacial score (nSPS) is 14.2. The molecule has 0 bridgehead atoms. The Bertz CT molecular complexity index is 1340. The Labute approximate surface area is 226 Å². The Balaban J connectivity index is 1.26. The molecule has 4 heterocycles. The lowest BCUT2D eigenvalue weighted by molar-refractivity contribution is 0.0682. The van der Waals surface area contributed by atoms with Crippen molar-refractivity contribution in [3.05, 3.63) is 57.1 Å². The second-order valence-electron chi connectivity index (χ2n) is 8.79. The third-order valence-electron chi connectivity index (χ3n) is 6.06. The van der Waals surface area contributed by atoms with E-state index in [1.165, 1.54) is 11.3 Å². The molecule has 1 saturated heterocycles. The molecule has 5 rings (SSSR count). The number of thiophene rings is 1. The Morgan fingerprint density at radius 1 is 1.17 bits per heavy atom. The Morgan fingerprint density at radius 3 is 2.86 bits per heavy atom. The van der Waals surface area contributed by atoms with E-state index in [1.807, 2.05) is 43.5 Å². The quantitative estimate of drug-likeness (QED) is 0.250. The number of amides is 2. The van der Waals surface area contributed by atoms with Gasteiger partial charge in [0.05, 0.1) is 14.0 Å². The molecule has 1 aliphatic heterocycles. The summed E-state index contributed by atoms with van der Waals surface area (Å²) in [4.78, 5) is 29.4. The minimum absolute atomic E-state index is 0.297. The fraction of sp³-hybridized carbons (Fsp3) is 0.360. The number of urea groups is 1. The van der Waals surface area contributed by atoms with Crippen LogP contribution < -0.4 is 15.5 Å². The zero-order chi connectivity index (χ0) is 24.9. The topological polar surface area (TPSA) is 92.3 Å². The molecule has 2 amide bonds. The second kappa shape index (κ2) is 11.6. The van der Waals surface area contributed by atoms with Crippen LogP contribution in [0.15, 0.2) is 46.6 Å². The van der Waals surface area contributed by atoms with Gasteiger partial charge in [0, 0.05) is 49.5 Å². The van der Waals surface area contributed by atoms with Gasteiger partial charge in [-0.3, -0.25) is 5.32 Å². The summed E-state index contributed by atoms with van der Waals surface area (Å²) in [7, 11) is 0. The number of fused-ring (bicyclic) bond motifs is 1. The molecule has 36 heavy (non-hydrogen) atoms. The van der Waals surface area contributed by atoms with Gasteiger partial charge in [-0.15, -0.1) is 22.7 Å². The van der Waals surface area contributed by atoms with Gasteiger partial charge in [0.1, 0.15) is 12.1 Å². The SMILES string of the molecule is Cc1cccc(NC(=O)Nc2ncc(CCN(CC3CCOCC3)c3ncnc4cc(Br)sc34)s2)c1. The number of benzene rings is 1. The lowest BCUT2D eigenvalue weighted by Crippen LogP contribution is -2.34. The summed E-state index contributed by atoms with van der Waals surface area (Å²) in [6.07, 6.45) is 6.42. The molecule has 0 unspecified atom stereocenters. The van der Waals surface area contributed by atoms with E-state index in [4.69, 9.17) is 4.74 Å². The number of nitrogens with zero attached hydrogens (tertiary/aromatic N) is 4. The second-order valence-corrected chi connectivity index (χ2v) is 12.3. The Kier molecular flexibility index (Phi) is 8.10. The molecular formula is C25H27BrN6O2S2. The van der Waals surface area contributed by atoms with Gasteiger partial charge in [-0.05, 0) is 65.4 Å². The number of hydrogen-bond donors (Lipinski definition) is 2. The van der Waals surface area contributed by atoms with Gasteiger partial charge >= 0.3 is 6.03 Å². The first-order valence-electron chi connectivity index (χ1n) is 11.9. The Morgan fingerprint density at radius 2 is 2.03 bits per heavy atom. The van der Waals surface area contributed by atoms with Gasteiger partial charge in [-0.2, -0.15) is 0 Å². The lowest BCUT2D eigenvalue weighted by Gasteiger charge is -2.30. The van der Waals surface area contributed by atoms with Crippen molar-refractivity contribution < 1.29 is 9.53 Å². The van der Waals surface area contributed by atoms with Crippen molar-refractivity contribution in [1.29, 1.82) is 0 Å². The van der Waals surface area contributed by atoms with Crippen LogP contribution in [-0.2, 0) is 11.2 Å². The van der Waals surface area contributed by atoms with Crippen LogP contribution in [0.3, 0.4) is 0 Å². The van der Waals surface area contributed by atoms with E-state index in [-0.39, 0.29) is 6.03 Å². The maximum Gasteiger partial charge on any atom is 0.325 e. The minimum Gasteiger partial charge on any atom is -0.381 e. The van der Waals surface area contributed by atoms with E-state index in [2.05, 4.69) is 46.4 Å². The van der Waals surface area contributed by atoms with E-state index in [0.29, 0.717) is 11.0 Å². The summed E-state index contributed by atoms with van der Waals surface area (Å²) < 4.78 is 7.71. The molecule has 0 aliphatic carbocycles. The molecule has 0 radical (unpaired) electrons. The number of carbonyl (C=O) groups is 1. The van der Waals surface area contributed by atoms with E-state index >= 15 is 0 Å². The first kappa shape index (κ1) is 25.1.